The SMILES string of the molecule is CO.COCC(C)Br. The average molecular weight is 185 g/mol. The fourth-order valence-corrected chi connectivity index (χ4v) is 0.494. The van der Waals surface area contributed by atoms with E-state index in [2.05, 4.69) is 15.9 Å². The highest BCUT2D eigenvalue weighted by Gasteiger charge is 1.88. The molecule has 8 heavy (non-hydrogen) atoms. The van der Waals surface area contributed by atoms with Gasteiger partial charge in [0.2, 0.25) is 0 Å². The molecule has 1 N–H and O–H groups in total. The highest BCUT2D eigenvalue weighted by atomic mass is 79.9. The van der Waals surface area contributed by atoms with Crippen LogP contribution in [0.3, 0.4) is 0 Å². The number of hydrogen-bond donors (Lipinski definition) is 1. The van der Waals surface area contributed by atoms with Crippen LogP contribution < -0.4 is 0 Å². The third-order valence-electron chi connectivity index (χ3n) is 0.396. The highest BCUT2D eigenvalue weighted by Crippen LogP contribution is 1.94. The molecule has 2 nitrogen and oxygen atoms in total. The molecule has 0 aromatic carbocycles. The molecule has 0 bridgehead atoms. The van der Waals surface area contributed by atoms with E-state index in [4.69, 9.17) is 9.84 Å². The number of methoxy groups -OCH3 is 1. The monoisotopic (exact) mass is 184 g/mol. The van der Waals surface area contributed by atoms with Crippen LogP contribution in [0, 0.1) is 0 Å². The molecule has 0 saturated carbocycles. The fourth-order valence-electron chi connectivity index (χ4n) is 0.230. The molecular formula is C5H13BrO2. The predicted octanol–water partition coefficient (Wildman–Crippen LogP) is 1.02. The first-order valence-corrected chi connectivity index (χ1v) is 3.26. The van der Waals surface area contributed by atoms with Crippen molar-refractivity contribution in [3.8, 4) is 0 Å². The summed E-state index contributed by atoms with van der Waals surface area (Å²) in [6, 6.07) is 0. The lowest BCUT2D eigenvalue weighted by atomic mass is 10.5. The van der Waals surface area contributed by atoms with Crippen molar-refractivity contribution in [1.29, 1.82) is 0 Å². The minimum atomic E-state index is 0.488. The Balaban J connectivity index is 0. The summed E-state index contributed by atoms with van der Waals surface area (Å²) in [5, 5.41) is 7.00. The third kappa shape index (κ3) is 16.1. The van der Waals surface area contributed by atoms with Crippen LogP contribution in [0.15, 0.2) is 0 Å². The van der Waals surface area contributed by atoms with Gasteiger partial charge >= 0.3 is 0 Å². The first-order valence-electron chi connectivity index (χ1n) is 2.35. The minimum absolute atomic E-state index is 0.488. The van der Waals surface area contributed by atoms with Gasteiger partial charge in [0, 0.05) is 19.0 Å². The van der Waals surface area contributed by atoms with Crippen molar-refractivity contribution < 1.29 is 9.84 Å². The number of hydrogen-bond acceptors (Lipinski definition) is 2. The zero-order chi connectivity index (χ0) is 6.99. The second-order valence-corrected chi connectivity index (χ2v) is 2.80. The van der Waals surface area contributed by atoms with Gasteiger partial charge in [-0.25, -0.2) is 0 Å². The topological polar surface area (TPSA) is 29.5 Å². The summed E-state index contributed by atoms with van der Waals surface area (Å²) in [7, 11) is 2.69. The van der Waals surface area contributed by atoms with E-state index in [0.29, 0.717) is 4.83 Å². The molecule has 0 rings (SSSR count). The largest absolute Gasteiger partial charge is 0.400 e. The van der Waals surface area contributed by atoms with E-state index in [-0.39, 0.29) is 0 Å². The molecule has 0 aliphatic carbocycles. The second kappa shape index (κ2) is 10.4. The van der Waals surface area contributed by atoms with Crippen LogP contribution in [-0.4, -0.2) is 30.8 Å². The van der Waals surface area contributed by atoms with Crippen molar-refractivity contribution in [3.63, 3.8) is 0 Å². The Morgan fingerprint density at radius 2 is 2.00 bits per heavy atom. The number of aliphatic hydroxyl groups excluding tert-OH is 1. The van der Waals surface area contributed by atoms with Gasteiger partial charge < -0.3 is 9.84 Å². The second-order valence-electron chi connectivity index (χ2n) is 1.24. The van der Waals surface area contributed by atoms with Gasteiger partial charge in [-0.15, -0.1) is 0 Å². The van der Waals surface area contributed by atoms with Crippen LogP contribution in [0.1, 0.15) is 6.92 Å². The van der Waals surface area contributed by atoms with Crippen molar-refractivity contribution in [2.45, 2.75) is 11.8 Å². The maximum atomic E-state index is 7.00. The lowest BCUT2D eigenvalue weighted by Crippen LogP contribution is -1.98. The van der Waals surface area contributed by atoms with Crippen molar-refractivity contribution in [3.05, 3.63) is 0 Å². The Labute approximate surface area is 59.0 Å². The third-order valence-corrected chi connectivity index (χ3v) is 0.661. The number of alkyl halides is 1. The number of halogens is 1. The number of ether oxygens (including phenoxy) is 1. The molecule has 3 heteroatoms. The molecule has 0 aliphatic heterocycles. The van der Waals surface area contributed by atoms with E-state index in [1.165, 1.54) is 0 Å². The van der Waals surface area contributed by atoms with Crippen LogP contribution in [0.25, 0.3) is 0 Å². The maximum Gasteiger partial charge on any atom is 0.0584 e. The summed E-state index contributed by atoms with van der Waals surface area (Å²) in [6.07, 6.45) is 0. The van der Waals surface area contributed by atoms with Gasteiger partial charge in [0.25, 0.3) is 0 Å². The molecule has 0 heterocycles. The smallest absolute Gasteiger partial charge is 0.0584 e. The zero-order valence-corrected chi connectivity index (χ0v) is 7.10. The van der Waals surface area contributed by atoms with Gasteiger partial charge in [0.15, 0.2) is 0 Å². The average Bonchev–Trinajstić information content (AvgIpc) is 1.72. The van der Waals surface area contributed by atoms with Gasteiger partial charge in [-0.2, -0.15) is 0 Å². The zero-order valence-electron chi connectivity index (χ0n) is 5.52. The summed E-state index contributed by atoms with van der Waals surface area (Å²) in [6.45, 7) is 2.84. The van der Waals surface area contributed by atoms with Gasteiger partial charge in [-0.3, -0.25) is 0 Å². The summed E-state index contributed by atoms with van der Waals surface area (Å²) < 4.78 is 4.76. The highest BCUT2D eigenvalue weighted by molar-refractivity contribution is 9.09. The molecule has 0 saturated heterocycles. The Morgan fingerprint density at radius 1 is 1.62 bits per heavy atom. The first kappa shape index (κ1) is 11.2. The van der Waals surface area contributed by atoms with Crippen molar-refractivity contribution in [2.75, 3.05) is 20.8 Å². The van der Waals surface area contributed by atoms with Crippen molar-refractivity contribution in [1.82, 2.24) is 0 Å². The van der Waals surface area contributed by atoms with Crippen molar-refractivity contribution >= 4 is 15.9 Å². The molecular weight excluding hydrogens is 172 g/mol. The van der Waals surface area contributed by atoms with Gasteiger partial charge in [-0.1, -0.05) is 22.9 Å². The Kier molecular flexibility index (Phi) is 14.6. The van der Waals surface area contributed by atoms with Crippen LogP contribution >= 0.6 is 15.9 Å². The minimum Gasteiger partial charge on any atom is -0.400 e. The van der Waals surface area contributed by atoms with Gasteiger partial charge in [0.1, 0.15) is 0 Å². The number of rotatable bonds is 2. The van der Waals surface area contributed by atoms with Crippen LogP contribution in [-0.2, 0) is 4.74 Å². The molecule has 0 spiro atoms. The van der Waals surface area contributed by atoms with Gasteiger partial charge in [-0.05, 0) is 0 Å². The Hall–Kier alpha value is 0.400. The molecule has 0 aliphatic rings. The normalized spacial score (nSPS) is 11.6. The molecule has 0 fully saturated rings. The fraction of sp³-hybridized carbons (Fsp3) is 1.00. The summed E-state index contributed by atoms with van der Waals surface area (Å²) in [5.74, 6) is 0. The van der Waals surface area contributed by atoms with E-state index >= 15 is 0 Å². The van der Waals surface area contributed by atoms with Crippen LogP contribution in [0.2, 0.25) is 0 Å². The summed E-state index contributed by atoms with van der Waals surface area (Å²) in [4.78, 5) is 0.488. The lowest BCUT2D eigenvalue weighted by Gasteiger charge is -1.95. The van der Waals surface area contributed by atoms with E-state index in [1.807, 2.05) is 6.92 Å². The molecule has 1 atom stereocenters. The predicted molar refractivity (Wildman–Crippen MR) is 38.4 cm³/mol. The molecule has 0 amide bonds. The van der Waals surface area contributed by atoms with Gasteiger partial charge in [0.05, 0.1) is 6.61 Å². The number of aliphatic hydroxyl groups is 1. The molecule has 0 aromatic rings. The molecule has 0 aromatic heterocycles. The summed E-state index contributed by atoms with van der Waals surface area (Å²) in [5.41, 5.74) is 0. The van der Waals surface area contributed by atoms with Crippen LogP contribution in [0.4, 0.5) is 0 Å². The quantitative estimate of drug-likeness (QED) is 0.651. The Bertz CT molecular complexity index is 31.6. The first-order chi connectivity index (χ1) is 3.77. The van der Waals surface area contributed by atoms with E-state index in [1.54, 1.807) is 7.11 Å². The summed E-state index contributed by atoms with van der Waals surface area (Å²) >= 11 is 3.31. The van der Waals surface area contributed by atoms with Crippen LogP contribution in [0.5, 0.6) is 0 Å². The lowest BCUT2D eigenvalue weighted by molar-refractivity contribution is 0.204. The van der Waals surface area contributed by atoms with E-state index in [9.17, 15) is 0 Å². The Morgan fingerprint density at radius 3 is 2.00 bits per heavy atom. The molecule has 52 valence electrons. The van der Waals surface area contributed by atoms with Crippen molar-refractivity contribution in [2.24, 2.45) is 0 Å². The van der Waals surface area contributed by atoms with E-state index < -0.39 is 0 Å². The van der Waals surface area contributed by atoms with E-state index in [0.717, 1.165) is 13.7 Å². The standard InChI is InChI=1S/C4H9BrO.CH4O/c1-4(5)3-6-2;1-2/h4H,3H2,1-2H3;2H,1H3. The molecule has 1 unspecified atom stereocenters. The maximum absolute atomic E-state index is 7.00. The molecule has 0 radical (unpaired) electrons.